The Morgan fingerprint density at radius 2 is 1.91 bits per heavy atom. The van der Waals surface area contributed by atoms with Crippen molar-refractivity contribution in [3.8, 4) is 22.8 Å². The fraction of sp³-hybridized carbons (Fsp3) is 0.280. The molecule has 0 amide bonds. The zero-order valence-electron chi connectivity index (χ0n) is 19.0. The molecule has 3 heterocycles. The van der Waals surface area contributed by atoms with E-state index in [0.717, 1.165) is 28.1 Å². The average molecular weight is 495 g/mol. The maximum Gasteiger partial charge on any atom is 0.248 e. The van der Waals surface area contributed by atoms with Crippen LogP contribution >= 0.6 is 11.6 Å². The number of H-pyrrole nitrogens is 1. The lowest BCUT2D eigenvalue weighted by Gasteiger charge is -2.34. The Kier molecular flexibility index (Phi) is 5.00. The molecule has 1 saturated carbocycles. The van der Waals surface area contributed by atoms with Crippen molar-refractivity contribution in [3.63, 3.8) is 0 Å². The summed E-state index contributed by atoms with van der Waals surface area (Å²) >= 11 is 6.70. The van der Waals surface area contributed by atoms with Crippen molar-refractivity contribution in [2.24, 2.45) is 5.92 Å². The summed E-state index contributed by atoms with van der Waals surface area (Å²) in [6.45, 7) is 4.26. The lowest BCUT2D eigenvalue weighted by molar-refractivity contribution is -0.114. The first kappa shape index (κ1) is 21.9. The summed E-state index contributed by atoms with van der Waals surface area (Å²) < 4.78 is 34.2. The third-order valence-electron chi connectivity index (χ3n) is 6.40. The van der Waals surface area contributed by atoms with Crippen LogP contribution in [0, 0.1) is 19.8 Å². The Labute approximate surface area is 204 Å². The van der Waals surface area contributed by atoms with Gasteiger partial charge in [0.15, 0.2) is 0 Å². The molecule has 0 radical (unpaired) electrons. The number of ether oxygens (including phenoxy) is 1. The van der Waals surface area contributed by atoms with E-state index in [2.05, 4.69) is 20.1 Å². The molecule has 10 heteroatoms. The van der Waals surface area contributed by atoms with Gasteiger partial charge in [-0.2, -0.15) is 5.10 Å². The zero-order valence-corrected chi connectivity index (χ0v) is 19.8. The largest absolute Gasteiger partial charge is 0.456 e. The van der Waals surface area contributed by atoms with Gasteiger partial charge in [0.05, 0.1) is 34.6 Å². The van der Waals surface area contributed by atoms with E-state index in [1.54, 1.807) is 29.2 Å². The molecule has 0 saturated heterocycles. The molecule has 3 aromatic heterocycles. The maximum absolute atomic E-state index is 13.2. The van der Waals surface area contributed by atoms with Crippen LogP contribution in [-0.2, 0) is 6.54 Å². The van der Waals surface area contributed by atoms with Crippen LogP contribution in [0.5, 0.6) is 11.5 Å². The van der Waals surface area contributed by atoms with Crippen molar-refractivity contribution in [2.45, 2.75) is 39.2 Å². The van der Waals surface area contributed by atoms with Gasteiger partial charge in [-0.15, -0.1) is 0 Å². The second kappa shape index (κ2) is 7.98. The molecule has 1 aliphatic carbocycles. The molecule has 0 spiro atoms. The second-order valence-corrected chi connectivity index (χ2v) is 9.44. The number of hydrogen-bond acceptors (Lipinski definition) is 5. The average Bonchev–Trinajstić information content (AvgIpc) is 3.35. The first-order valence-electron chi connectivity index (χ1n) is 11.3. The lowest BCUT2D eigenvalue weighted by atomic mass is 9.81. The van der Waals surface area contributed by atoms with Gasteiger partial charge in [0.1, 0.15) is 27.9 Å². The van der Waals surface area contributed by atoms with E-state index >= 15 is 0 Å². The van der Waals surface area contributed by atoms with Crippen LogP contribution in [0.1, 0.15) is 24.4 Å². The number of halogens is 3. The SMILES string of the molecule is Cc1nc2ccc(Oc3ccc4ncc(-c5cnn(CC6CC(F)(F)C6)c5C)nc4c3Cl)cc2[nH]1. The van der Waals surface area contributed by atoms with E-state index in [1.165, 1.54) is 0 Å². The molecule has 0 atom stereocenters. The van der Waals surface area contributed by atoms with Crippen molar-refractivity contribution in [2.75, 3.05) is 0 Å². The van der Waals surface area contributed by atoms with E-state index in [1.807, 2.05) is 32.0 Å². The summed E-state index contributed by atoms with van der Waals surface area (Å²) in [5.74, 6) is -0.714. The molecule has 5 aromatic rings. The Morgan fingerprint density at radius 1 is 1.11 bits per heavy atom. The topological polar surface area (TPSA) is 81.5 Å². The Balaban J connectivity index is 1.30. The Bertz CT molecular complexity index is 1590. The van der Waals surface area contributed by atoms with Gasteiger partial charge in [0.25, 0.3) is 0 Å². The van der Waals surface area contributed by atoms with Gasteiger partial charge in [0, 0.05) is 36.7 Å². The molecule has 35 heavy (non-hydrogen) atoms. The Hall–Kier alpha value is -3.59. The number of fused-ring (bicyclic) bond motifs is 2. The summed E-state index contributed by atoms with van der Waals surface area (Å²) in [7, 11) is 0. The number of benzene rings is 2. The van der Waals surface area contributed by atoms with Gasteiger partial charge in [0.2, 0.25) is 5.92 Å². The fourth-order valence-corrected chi connectivity index (χ4v) is 4.82. The molecule has 0 unspecified atom stereocenters. The van der Waals surface area contributed by atoms with Gasteiger partial charge in [-0.05, 0) is 44.0 Å². The first-order chi connectivity index (χ1) is 16.8. The fourth-order valence-electron chi connectivity index (χ4n) is 4.58. The second-order valence-electron chi connectivity index (χ2n) is 9.06. The number of imidazole rings is 1. The van der Waals surface area contributed by atoms with E-state index in [4.69, 9.17) is 21.3 Å². The highest BCUT2D eigenvalue weighted by Gasteiger charge is 2.45. The van der Waals surface area contributed by atoms with Crippen LogP contribution in [0.25, 0.3) is 33.3 Å². The molecular weight excluding hydrogens is 474 g/mol. The quantitative estimate of drug-likeness (QED) is 0.302. The summed E-state index contributed by atoms with van der Waals surface area (Å²) in [6, 6.07) is 9.15. The van der Waals surface area contributed by atoms with Crippen LogP contribution in [0.3, 0.4) is 0 Å². The van der Waals surface area contributed by atoms with E-state index < -0.39 is 5.92 Å². The van der Waals surface area contributed by atoms with Gasteiger partial charge in [-0.25, -0.2) is 18.7 Å². The predicted molar refractivity (Wildman–Crippen MR) is 129 cm³/mol. The maximum atomic E-state index is 13.2. The minimum absolute atomic E-state index is 0.0711. The van der Waals surface area contributed by atoms with Crippen molar-refractivity contribution >= 4 is 33.7 Å². The van der Waals surface area contributed by atoms with E-state index in [9.17, 15) is 8.78 Å². The van der Waals surface area contributed by atoms with Crippen LogP contribution in [0.2, 0.25) is 5.02 Å². The molecule has 7 nitrogen and oxygen atoms in total. The zero-order chi connectivity index (χ0) is 24.3. The van der Waals surface area contributed by atoms with Gasteiger partial charge in [-0.3, -0.25) is 9.67 Å². The molecular formula is C25H21ClF2N6O. The normalized spacial score (nSPS) is 15.6. The Morgan fingerprint density at radius 3 is 2.71 bits per heavy atom. The number of aromatic nitrogens is 6. The van der Waals surface area contributed by atoms with Crippen LogP contribution in [0.15, 0.2) is 42.7 Å². The third kappa shape index (κ3) is 3.99. The highest BCUT2D eigenvalue weighted by Crippen LogP contribution is 2.43. The molecule has 0 bridgehead atoms. The first-order valence-corrected chi connectivity index (χ1v) is 11.6. The molecule has 0 aliphatic heterocycles. The number of nitrogens with one attached hydrogen (secondary N) is 1. The number of hydrogen-bond donors (Lipinski definition) is 1. The van der Waals surface area contributed by atoms with Gasteiger partial charge >= 0.3 is 0 Å². The number of nitrogens with zero attached hydrogens (tertiary/aromatic N) is 5. The molecule has 1 N–H and O–H groups in total. The molecule has 2 aromatic carbocycles. The highest BCUT2D eigenvalue weighted by atomic mass is 35.5. The van der Waals surface area contributed by atoms with Crippen LogP contribution in [0.4, 0.5) is 8.78 Å². The highest BCUT2D eigenvalue weighted by molar-refractivity contribution is 6.36. The van der Waals surface area contributed by atoms with Crippen molar-refractivity contribution < 1.29 is 13.5 Å². The van der Waals surface area contributed by atoms with E-state index in [-0.39, 0.29) is 18.8 Å². The lowest BCUT2D eigenvalue weighted by Crippen LogP contribution is -2.38. The minimum Gasteiger partial charge on any atom is -0.456 e. The van der Waals surface area contributed by atoms with Gasteiger partial charge in [-0.1, -0.05) is 11.6 Å². The smallest absolute Gasteiger partial charge is 0.248 e. The molecule has 6 rings (SSSR count). The van der Waals surface area contributed by atoms with Crippen molar-refractivity contribution in [1.82, 2.24) is 29.7 Å². The van der Waals surface area contributed by atoms with Crippen LogP contribution in [-0.4, -0.2) is 35.6 Å². The number of alkyl halides is 2. The van der Waals surface area contributed by atoms with Crippen molar-refractivity contribution in [3.05, 3.63) is 59.3 Å². The van der Waals surface area contributed by atoms with Crippen LogP contribution < -0.4 is 4.74 Å². The summed E-state index contributed by atoms with van der Waals surface area (Å²) in [5, 5.41) is 4.75. The standard InChI is InChI=1S/C25H21ClF2N6O/c1-13-17(10-30-34(13)12-15-8-25(27,28)9-15)21-11-29-19-5-6-22(23(26)24(19)33-21)35-16-3-4-18-20(7-16)32-14(2)31-18/h3-7,10-11,15H,8-9,12H2,1-2H3,(H,31,32). The summed E-state index contributed by atoms with van der Waals surface area (Å²) in [4.78, 5) is 16.9. The third-order valence-corrected chi connectivity index (χ3v) is 6.77. The molecule has 1 aliphatic rings. The van der Waals surface area contributed by atoms with E-state index in [0.29, 0.717) is 39.8 Å². The van der Waals surface area contributed by atoms with Gasteiger partial charge < -0.3 is 9.72 Å². The number of aromatic amines is 1. The number of aryl methyl sites for hydroxylation is 1. The summed E-state index contributed by atoms with van der Waals surface area (Å²) in [5.41, 5.74) is 5.11. The minimum atomic E-state index is -2.54. The monoisotopic (exact) mass is 494 g/mol. The summed E-state index contributed by atoms with van der Waals surface area (Å²) in [6.07, 6.45) is 3.17. The predicted octanol–water partition coefficient (Wildman–Crippen LogP) is 6.48. The molecule has 178 valence electrons. The van der Waals surface area contributed by atoms with Crippen molar-refractivity contribution in [1.29, 1.82) is 0 Å². The molecule has 1 fully saturated rings. The number of rotatable bonds is 5.